The second kappa shape index (κ2) is 1.95. The van der Waals surface area contributed by atoms with E-state index in [4.69, 9.17) is 0 Å². The number of hydrogen-bond donors (Lipinski definition) is 1. The highest BCUT2D eigenvalue weighted by atomic mass is 15.5. The number of hydrazine groups is 1. The molecule has 52 valence electrons. The SMILES string of the molecule is CN1NCc2cccnc21. The summed E-state index contributed by atoms with van der Waals surface area (Å²) in [4.78, 5) is 4.20. The largest absolute Gasteiger partial charge is 0.295 e. The quantitative estimate of drug-likeness (QED) is 0.562. The number of anilines is 1. The summed E-state index contributed by atoms with van der Waals surface area (Å²) >= 11 is 0. The van der Waals surface area contributed by atoms with Gasteiger partial charge >= 0.3 is 0 Å². The molecular weight excluding hydrogens is 126 g/mol. The zero-order valence-corrected chi connectivity index (χ0v) is 5.83. The Hall–Kier alpha value is -1.09. The lowest BCUT2D eigenvalue weighted by molar-refractivity contribution is 0.730. The fraction of sp³-hybridized carbons (Fsp3) is 0.286. The van der Waals surface area contributed by atoms with E-state index in [9.17, 15) is 0 Å². The van der Waals surface area contributed by atoms with Crippen LogP contribution in [0.25, 0.3) is 0 Å². The molecular formula is C7H9N3. The molecule has 1 aliphatic heterocycles. The van der Waals surface area contributed by atoms with Crippen molar-refractivity contribution >= 4 is 5.82 Å². The van der Waals surface area contributed by atoms with Crippen LogP contribution in [-0.4, -0.2) is 12.0 Å². The van der Waals surface area contributed by atoms with Gasteiger partial charge in [-0.05, 0) is 6.07 Å². The van der Waals surface area contributed by atoms with Gasteiger partial charge in [-0.25, -0.2) is 10.4 Å². The fourth-order valence-corrected chi connectivity index (χ4v) is 1.15. The average Bonchev–Trinajstić information content (AvgIpc) is 2.34. The Morgan fingerprint density at radius 3 is 3.40 bits per heavy atom. The van der Waals surface area contributed by atoms with Gasteiger partial charge in [-0.2, -0.15) is 0 Å². The van der Waals surface area contributed by atoms with Crippen molar-refractivity contribution < 1.29 is 0 Å². The first kappa shape index (κ1) is 5.68. The fourth-order valence-electron chi connectivity index (χ4n) is 1.15. The standard InChI is InChI=1S/C7H9N3/c1-10-7-6(5-9-10)3-2-4-8-7/h2-4,9H,5H2,1H3. The van der Waals surface area contributed by atoms with E-state index in [1.54, 1.807) is 0 Å². The predicted molar refractivity (Wildman–Crippen MR) is 39.5 cm³/mol. The van der Waals surface area contributed by atoms with E-state index in [1.165, 1.54) is 5.56 Å². The van der Waals surface area contributed by atoms with E-state index >= 15 is 0 Å². The summed E-state index contributed by atoms with van der Waals surface area (Å²) in [5.41, 5.74) is 4.42. The number of nitrogens with zero attached hydrogens (tertiary/aromatic N) is 2. The summed E-state index contributed by atoms with van der Waals surface area (Å²) in [6.45, 7) is 0.902. The van der Waals surface area contributed by atoms with Gasteiger partial charge in [-0.3, -0.25) is 5.01 Å². The zero-order chi connectivity index (χ0) is 6.97. The van der Waals surface area contributed by atoms with Crippen molar-refractivity contribution in [3.05, 3.63) is 23.9 Å². The van der Waals surface area contributed by atoms with Crippen LogP contribution in [0.4, 0.5) is 5.82 Å². The molecule has 0 spiro atoms. The normalized spacial score (nSPS) is 15.5. The van der Waals surface area contributed by atoms with E-state index < -0.39 is 0 Å². The molecule has 0 saturated carbocycles. The van der Waals surface area contributed by atoms with E-state index in [-0.39, 0.29) is 0 Å². The number of fused-ring (bicyclic) bond motifs is 1. The first-order valence-electron chi connectivity index (χ1n) is 3.29. The molecule has 3 nitrogen and oxygen atoms in total. The molecule has 0 saturated heterocycles. The van der Waals surface area contributed by atoms with Crippen molar-refractivity contribution in [1.82, 2.24) is 10.4 Å². The van der Waals surface area contributed by atoms with Gasteiger partial charge in [0.1, 0.15) is 5.82 Å². The number of aromatic nitrogens is 1. The van der Waals surface area contributed by atoms with Gasteiger partial charge in [0.25, 0.3) is 0 Å². The first-order valence-corrected chi connectivity index (χ1v) is 3.29. The van der Waals surface area contributed by atoms with Crippen LogP contribution in [0.15, 0.2) is 18.3 Å². The highest BCUT2D eigenvalue weighted by molar-refractivity contribution is 5.48. The summed E-state index contributed by atoms with van der Waals surface area (Å²) in [6.07, 6.45) is 1.81. The predicted octanol–water partition coefficient (Wildman–Crippen LogP) is 0.536. The van der Waals surface area contributed by atoms with Crippen LogP contribution in [0.3, 0.4) is 0 Å². The van der Waals surface area contributed by atoms with Crippen LogP contribution in [-0.2, 0) is 6.54 Å². The van der Waals surface area contributed by atoms with Crippen LogP contribution in [0, 0.1) is 0 Å². The average molecular weight is 135 g/mol. The van der Waals surface area contributed by atoms with Crippen LogP contribution >= 0.6 is 0 Å². The molecule has 0 aliphatic carbocycles. The van der Waals surface area contributed by atoms with Crippen LogP contribution in [0.1, 0.15) is 5.56 Å². The highest BCUT2D eigenvalue weighted by Crippen LogP contribution is 2.18. The molecule has 10 heavy (non-hydrogen) atoms. The van der Waals surface area contributed by atoms with Crippen molar-refractivity contribution in [2.75, 3.05) is 12.1 Å². The van der Waals surface area contributed by atoms with Gasteiger partial charge in [-0.1, -0.05) is 6.07 Å². The Morgan fingerprint density at radius 1 is 1.70 bits per heavy atom. The molecule has 0 atom stereocenters. The minimum Gasteiger partial charge on any atom is -0.295 e. The number of nitrogens with one attached hydrogen (secondary N) is 1. The van der Waals surface area contributed by atoms with E-state index in [0.29, 0.717) is 0 Å². The third-order valence-corrected chi connectivity index (χ3v) is 1.69. The summed E-state index contributed by atoms with van der Waals surface area (Å²) in [5, 5.41) is 1.94. The van der Waals surface area contributed by atoms with Crippen molar-refractivity contribution in [2.24, 2.45) is 0 Å². The Kier molecular flexibility index (Phi) is 1.11. The van der Waals surface area contributed by atoms with Gasteiger partial charge in [-0.15, -0.1) is 0 Å². The molecule has 0 aromatic carbocycles. The lowest BCUT2D eigenvalue weighted by Crippen LogP contribution is -2.27. The van der Waals surface area contributed by atoms with E-state index in [2.05, 4.69) is 16.5 Å². The Balaban J connectivity index is 2.51. The van der Waals surface area contributed by atoms with Gasteiger partial charge in [0.05, 0.1) is 0 Å². The summed E-state index contributed by atoms with van der Waals surface area (Å²) in [7, 11) is 1.97. The smallest absolute Gasteiger partial charge is 0.147 e. The Morgan fingerprint density at radius 2 is 2.60 bits per heavy atom. The van der Waals surface area contributed by atoms with Crippen molar-refractivity contribution in [3.63, 3.8) is 0 Å². The van der Waals surface area contributed by atoms with Gasteiger partial charge < -0.3 is 0 Å². The van der Waals surface area contributed by atoms with Gasteiger partial charge in [0.15, 0.2) is 0 Å². The maximum absolute atomic E-state index is 4.20. The molecule has 2 rings (SSSR count). The van der Waals surface area contributed by atoms with E-state index in [1.807, 2.05) is 24.3 Å². The summed E-state index contributed by atoms with van der Waals surface area (Å²) < 4.78 is 0. The first-order chi connectivity index (χ1) is 4.88. The number of hydrogen-bond acceptors (Lipinski definition) is 3. The van der Waals surface area contributed by atoms with E-state index in [0.717, 1.165) is 12.4 Å². The lowest BCUT2D eigenvalue weighted by atomic mass is 10.3. The van der Waals surface area contributed by atoms with Gasteiger partial charge in [0.2, 0.25) is 0 Å². The molecule has 1 aromatic heterocycles. The molecule has 2 heterocycles. The molecule has 0 bridgehead atoms. The molecule has 0 unspecified atom stereocenters. The lowest BCUT2D eigenvalue weighted by Gasteiger charge is -2.08. The molecule has 0 amide bonds. The summed E-state index contributed by atoms with van der Waals surface area (Å²) in [6, 6.07) is 4.04. The van der Waals surface area contributed by atoms with Crippen LogP contribution < -0.4 is 10.4 Å². The minimum atomic E-state index is 0.902. The highest BCUT2D eigenvalue weighted by Gasteiger charge is 2.14. The molecule has 3 heteroatoms. The van der Waals surface area contributed by atoms with Crippen molar-refractivity contribution in [3.8, 4) is 0 Å². The second-order valence-electron chi connectivity index (χ2n) is 2.38. The van der Waals surface area contributed by atoms with Crippen molar-refractivity contribution in [2.45, 2.75) is 6.54 Å². The molecule has 0 radical (unpaired) electrons. The summed E-state index contributed by atoms with van der Waals surface area (Å²) in [5.74, 6) is 1.04. The molecule has 1 N–H and O–H groups in total. The van der Waals surface area contributed by atoms with Crippen LogP contribution in [0.2, 0.25) is 0 Å². The maximum atomic E-state index is 4.20. The topological polar surface area (TPSA) is 28.2 Å². The third-order valence-electron chi connectivity index (χ3n) is 1.69. The molecule has 1 aliphatic rings. The number of rotatable bonds is 0. The van der Waals surface area contributed by atoms with Gasteiger partial charge in [0, 0.05) is 25.4 Å². The Bertz CT molecular complexity index is 246. The monoisotopic (exact) mass is 135 g/mol. The number of pyridine rings is 1. The third kappa shape index (κ3) is 0.675. The maximum Gasteiger partial charge on any atom is 0.147 e. The molecule has 0 fully saturated rings. The van der Waals surface area contributed by atoms with Crippen molar-refractivity contribution in [1.29, 1.82) is 0 Å². The molecule has 1 aromatic rings. The Labute approximate surface area is 59.7 Å². The zero-order valence-electron chi connectivity index (χ0n) is 5.83. The minimum absolute atomic E-state index is 0.902. The second-order valence-corrected chi connectivity index (χ2v) is 2.38. The van der Waals surface area contributed by atoms with Crippen LogP contribution in [0.5, 0.6) is 0 Å².